The Kier molecular flexibility index (Phi) is 3.98. The predicted molar refractivity (Wildman–Crippen MR) is 84.2 cm³/mol. The Morgan fingerprint density at radius 1 is 1.43 bits per heavy atom. The zero-order chi connectivity index (χ0) is 14.8. The van der Waals surface area contributed by atoms with Gasteiger partial charge in [0.25, 0.3) is 0 Å². The number of rotatable bonds is 5. The molecular formula is C13H15N5OS2. The van der Waals surface area contributed by atoms with Crippen LogP contribution in [0.25, 0.3) is 10.8 Å². The van der Waals surface area contributed by atoms with Crippen LogP contribution in [0.5, 0.6) is 0 Å². The predicted octanol–water partition coefficient (Wildman–Crippen LogP) is 3.45. The molecule has 2 N–H and O–H groups in total. The van der Waals surface area contributed by atoms with Gasteiger partial charge in [-0.1, -0.05) is 11.8 Å². The van der Waals surface area contributed by atoms with Gasteiger partial charge in [0.2, 0.25) is 5.95 Å². The van der Waals surface area contributed by atoms with E-state index in [1.54, 1.807) is 29.4 Å². The molecule has 6 nitrogen and oxygen atoms in total. The van der Waals surface area contributed by atoms with Crippen molar-refractivity contribution in [2.45, 2.75) is 30.8 Å². The quantitative estimate of drug-likeness (QED) is 0.725. The van der Waals surface area contributed by atoms with E-state index >= 15 is 0 Å². The molecular weight excluding hydrogens is 306 g/mol. The molecule has 0 atom stereocenters. The first-order chi connectivity index (χ1) is 10.1. The van der Waals surface area contributed by atoms with Crippen molar-refractivity contribution in [2.75, 3.05) is 5.73 Å². The summed E-state index contributed by atoms with van der Waals surface area (Å²) in [6.45, 7) is 4.11. The molecule has 3 rings (SSSR count). The highest BCUT2D eigenvalue weighted by atomic mass is 32.2. The molecule has 0 radical (unpaired) electrons. The van der Waals surface area contributed by atoms with Gasteiger partial charge in [-0.15, -0.1) is 21.5 Å². The molecule has 0 aliphatic rings. The molecule has 0 spiro atoms. The van der Waals surface area contributed by atoms with Gasteiger partial charge in [-0.2, -0.15) is 0 Å². The molecule has 3 heterocycles. The van der Waals surface area contributed by atoms with Crippen LogP contribution in [0.2, 0.25) is 0 Å². The summed E-state index contributed by atoms with van der Waals surface area (Å²) in [4.78, 5) is 4.56. The molecule has 21 heavy (non-hydrogen) atoms. The monoisotopic (exact) mass is 321 g/mol. The Bertz CT molecular complexity index is 717. The molecule has 0 saturated heterocycles. The summed E-state index contributed by atoms with van der Waals surface area (Å²) in [5, 5.41) is 11.8. The van der Waals surface area contributed by atoms with Crippen molar-refractivity contribution in [2.24, 2.45) is 0 Å². The van der Waals surface area contributed by atoms with Crippen LogP contribution in [0, 0.1) is 0 Å². The van der Waals surface area contributed by atoms with E-state index in [0.29, 0.717) is 5.95 Å². The Hall–Kier alpha value is -1.80. The number of nitrogens with zero attached hydrogens (tertiary/aromatic N) is 4. The number of hydrogen-bond acceptors (Lipinski definition) is 7. The molecule has 0 bridgehead atoms. The molecule has 3 aromatic heterocycles. The first-order valence-electron chi connectivity index (χ1n) is 6.46. The lowest BCUT2D eigenvalue weighted by molar-refractivity contribution is 0.557. The lowest BCUT2D eigenvalue weighted by Crippen LogP contribution is -2.07. The summed E-state index contributed by atoms with van der Waals surface area (Å²) < 4.78 is 7.27. The number of furan rings is 1. The highest BCUT2D eigenvalue weighted by molar-refractivity contribution is 7.98. The highest BCUT2D eigenvalue weighted by Crippen LogP contribution is 2.29. The number of thioether (sulfide) groups is 1. The van der Waals surface area contributed by atoms with Crippen LogP contribution in [-0.4, -0.2) is 19.7 Å². The number of thiazole rings is 1. The summed E-state index contributed by atoms with van der Waals surface area (Å²) in [7, 11) is 0. The molecule has 3 aromatic rings. The maximum absolute atomic E-state index is 5.83. The summed E-state index contributed by atoms with van der Waals surface area (Å²) in [6, 6.07) is 4.00. The van der Waals surface area contributed by atoms with Crippen molar-refractivity contribution in [1.82, 2.24) is 19.7 Å². The number of nitrogens with two attached hydrogens (primary N) is 1. The van der Waals surface area contributed by atoms with Crippen LogP contribution in [0.15, 0.2) is 33.3 Å². The SMILES string of the molecule is CC(C)n1c(N)nnc1SCc1csc(-c2ccco2)n1. The maximum atomic E-state index is 5.83. The van der Waals surface area contributed by atoms with Gasteiger partial charge < -0.3 is 10.2 Å². The minimum atomic E-state index is 0.233. The van der Waals surface area contributed by atoms with Crippen molar-refractivity contribution in [3.8, 4) is 10.8 Å². The fourth-order valence-corrected chi connectivity index (χ4v) is 3.76. The molecule has 0 amide bonds. The van der Waals surface area contributed by atoms with Gasteiger partial charge >= 0.3 is 0 Å². The summed E-state index contributed by atoms with van der Waals surface area (Å²) in [5.74, 6) is 1.97. The van der Waals surface area contributed by atoms with E-state index in [9.17, 15) is 0 Å². The lowest BCUT2D eigenvalue weighted by Gasteiger charge is -2.10. The van der Waals surface area contributed by atoms with E-state index in [1.807, 2.05) is 22.1 Å². The first-order valence-corrected chi connectivity index (χ1v) is 8.33. The van der Waals surface area contributed by atoms with Crippen molar-refractivity contribution >= 4 is 29.0 Å². The fraction of sp³-hybridized carbons (Fsp3) is 0.308. The minimum absolute atomic E-state index is 0.233. The number of nitrogen functional groups attached to an aromatic ring is 1. The second-order valence-electron chi connectivity index (χ2n) is 4.71. The Balaban J connectivity index is 1.71. The summed E-state index contributed by atoms with van der Waals surface area (Å²) >= 11 is 3.16. The Morgan fingerprint density at radius 3 is 3.00 bits per heavy atom. The van der Waals surface area contributed by atoms with Crippen LogP contribution in [0.3, 0.4) is 0 Å². The van der Waals surface area contributed by atoms with Crippen molar-refractivity contribution in [3.05, 3.63) is 29.5 Å². The van der Waals surface area contributed by atoms with E-state index in [2.05, 4.69) is 29.0 Å². The van der Waals surface area contributed by atoms with Crippen molar-refractivity contribution in [1.29, 1.82) is 0 Å². The van der Waals surface area contributed by atoms with Crippen LogP contribution in [0.1, 0.15) is 25.6 Å². The molecule has 0 unspecified atom stereocenters. The largest absolute Gasteiger partial charge is 0.462 e. The summed E-state index contributed by atoms with van der Waals surface area (Å²) in [5.41, 5.74) is 6.82. The van der Waals surface area contributed by atoms with Crippen LogP contribution >= 0.6 is 23.1 Å². The standard InChI is InChI=1S/C13H15N5OS2/c1-8(2)18-12(14)16-17-13(18)21-7-9-6-20-11(15-9)10-4-3-5-19-10/h3-6,8H,7H2,1-2H3,(H2,14,16). The molecule has 0 fully saturated rings. The molecule has 0 aliphatic heterocycles. The zero-order valence-electron chi connectivity index (χ0n) is 11.7. The number of hydrogen-bond donors (Lipinski definition) is 1. The average molecular weight is 321 g/mol. The van der Waals surface area contributed by atoms with E-state index in [1.165, 1.54) is 0 Å². The van der Waals surface area contributed by atoms with E-state index in [-0.39, 0.29) is 6.04 Å². The van der Waals surface area contributed by atoms with Gasteiger partial charge in [0.15, 0.2) is 15.9 Å². The fourth-order valence-electron chi connectivity index (χ4n) is 1.90. The maximum Gasteiger partial charge on any atom is 0.222 e. The van der Waals surface area contributed by atoms with Crippen LogP contribution in [0.4, 0.5) is 5.95 Å². The van der Waals surface area contributed by atoms with Crippen molar-refractivity contribution < 1.29 is 4.42 Å². The Labute approximate surface area is 130 Å². The smallest absolute Gasteiger partial charge is 0.222 e. The van der Waals surface area contributed by atoms with E-state index in [0.717, 1.165) is 27.4 Å². The second-order valence-corrected chi connectivity index (χ2v) is 6.52. The molecule has 0 saturated carbocycles. The van der Waals surface area contributed by atoms with Gasteiger partial charge in [-0.05, 0) is 26.0 Å². The number of anilines is 1. The average Bonchev–Trinajstić information content (AvgIpc) is 3.16. The van der Waals surface area contributed by atoms with Gasteiger partial charge in [-0.3, -0.25) is 4.57 Å². The van der Waals surface area contributed by atoms with Crippen LogP contribution < -0.4 is 5.73 Å². The first kappa shape index (κ1) is 14.2. The van der Waals surface area contributed by atoms with E-state index in [4.69, 9.17) is 10.2 Å². The third-order valence-corrected chi connectivity index (χ3v) is 4.72. The lowest BCUT2D eigenvalue weighted by atomic mass is 10.4. The van der Waals surface area contributed by atoms with Gasteiger partial charge in [0.05, 0.1) is 12.0 Å². The third-order valence-electron chi connectivity index (χ3n) is 2.84. The Morgan fingerprint density at radius 2 is 2.29 bits per heavy atom. The second kappa shape index (κ2) is 5.90. The minimum Gasteiger partial charge on any atom is -0.462 e. The zero-order valence-corrected chi connectivity index (χ0v) is 13.3. The van der Waals surface area contributed by atoms with E-state index < -0.39 is 0 Å². The normalized spacial score (nSPS) is 11.4. The molecule has 8 heteroatoms. The molecule has 0 aromatic carbocycles. The molecule has 110 valence electrons. The van der Waals surface area contributed by atoms with Crippen molar-refractivity contribution in [3.63, 3.8) is 0 Å². The highest BCUT2D eigenvalue weighted by Gasteiger charge is 2.14. The third kappa shape index (κ3) is 2.96. The summed E-state index contributed by atoms with van der Waals surface area (Å²) in [6.07, 6.45) is 1.65. The van der Waals surface area contributed by atoms with Gasteiger partial charge in [-0.25, -0.2) is 4.98 Å². The molecule has 0 aliphatic carbocycles. The number of aromatic nitrogens is 4. The van der Waals surface area contributed by atoms with Gasteiger partial charge in [0, 0.05) is 17.2 Å². The van der Waals surface area contributed by atoms with Gasteiger partial charge in [0.1, 0.15) is 0 Å². The topological polar surface area (TPSA) is 82.8 Å². The van der Waals surface area contributed by atoms with Crippen LogP contribution in [-0.2, 0) is 5.75 Å².